The van der Waals surface area contributed by atoms with E-state index in [4.69, 9.17) is 0 Å². The molecule has 0 nitrogen and oxygen atoms in total. The zero-order valence-electron chi connectivity index (χ0n) is 10.4. The van der Waals surface area contributed by atoms with E-state index in [9.17, 15) is 0 Å². The Morgan fingerprint density at radius 1 is 1.20 bits per heavy atom. The Kier molecular flexibility index (Phi) is 3.73. The predicted octanol–water partition coefficient (Wildman–Crippen LogP) is 4.35. The largest absolute Gasteiger partial charge is 0.103 e. The SMILES string of the molecule is C=CC(C)Cc1ccc(C(C)(C)C)cc1. The van der Waals surface area contributed by atoms with E-state index in [-0.39, 0.29) is 5.41 Å². The number of allylic oxidation sites excluding steroid dienone is 1. The lowest BCUT2D eigenvalue weighted by Crippen LogP contribution is -2.10. The topological polar surface area (TPSA) is 0 Å². The highest BCUT2D eigenvalue weighted by atomic mass is 14.2. The molecule has 0 saturated heterocycles. The minimum Gasteiger partial charge on any atom is -0.103 e. The summed E-state index contributed by atoms with van der Waals surface area (Å²) in [6, 6.07) is 8.96. The molecule has 0 heterocycles. The van der Waals surface area contributed by atoms with Crippen molar-refractivity contribution in [1.82, 2.24) is 0 Å². The maximum absolute atomic E-state index is 3.81. The predicted molar refractivity (Wildman–Crippen MR) is 68.2 cm³/mol. The second kappa shape index (κ2) is 4.65. The van der Waals surface area contributed by atoms with Crippen molar-refractivity contribution in [2.75, 3.05) is 0 Å². The first-order chi connectivity index (χ1) is 6.93. The molecule has 0 aromatic heterocycles. The van der Waals surface area contributed by atoms with Crippen LogP contribution in [0.3, 0.4) is 0 Å². The third kappa shape index (κ3) is 3.54. The Morgan fingerprint density at radius 2 is 1.73 bits per heavy atom. The molecule has 0 bridgehead atoms. The smallest absolute Gasteiger partial charge is 0.0132 e. The van der Waals surface area contributed by atoms with Gasteiger partial charge in [0.25, 0.3) is 0 Å². The molecule has 0 aliphatic carbocycles. The minimum absolute atomic E-state index is 0.253. The van der Waals surface area contributed by atoms with E-state index in [0.29, 0.717) is 5.92 Å². The molecule has 0 amide bonds. The molecule has 0 heteroatoms. The fourth-order valence-electron chi connectivity index (χ4n) is 1.60. The van der Waals surface area contributed by atoms with Crippen LogP contribution in [0.25, 0.3) is 0 Å². The molecule has 1 atom stereocenters. The van der Waals surface area contributed by atoms with Gasteiger partial charge >= 0.3 is 0 Å². The van der Waals surface area contributed by atoms with Gasteiger partial charge in [-0.2, -0.15) is 0 Å². The fraction of sp³-hybridized carbons (Fsp3) is 0.467. The molecule has 0 spiro atoms. The summed E-state index contributed by atoms with van der Waals surface area (Å²) in [4.78, 5) is 0. The number of rotatable bonds is 3. The molecule has 0 fully saturated rings. The highest BCUT2D eigenvalue weighted by Gasteiger charge is 2.12. The van der Waals surface area contributed by atoms with Crippen LogP contribution < -0.4 is 0 Å². The summed E-state index contributed by atoms with van der Waals surface area (Å²) in [5.41, 5.74) is 3.05. The van der Waals surface area contributed by atoms with E-state index < -0.39 is 0 Å². The first kappa shape index (κ1) is 12.0. The summed E-state index contributed by atoms with van der Waals surface area (Å²) in [5.74, 6) is 0.561. The van der Waals surface area contributed by atoms with Gasteiger partial charge in [0.05, 0.1) is 0 Å². The average Bonchev–Trinajstić information content (AvgIpc) is 2.17. The van der Waals surface area contributed by atoms with Crippen LogP contribution in [-0.4, -0.2) is 0 Å². The van der Waals surface area contributed by atoms with Crippen molar-refractivity contribution in [1.29, 1.82) is 0 Å². The lowest BCUT2D eigenvalue weighted by Gasteiger charge is -2.19. The molecule has 15 heavy (non-hydrogen) atoms. The van der Waals surface area contributed by atoms with Crippen molar-refractivity contribution in [3.8, 4) is 0 Å². The van der Waals surface area contributed by atoms with Gasteiger partial charge in [0.2, 0.25) is 0 Å². The highest BCUT2D eigenvalue weighted by molar-refractivity contribution is 5.27. The van der Waals surface area contributed by atoms with E-state index in [1.165, 1.54) is 11.1 Å². The van der Waals surface area contributed by atoms with Gasteiger partial charge in [-0.1, -0.05) is 58.0 Å². The summed E-state index contributed by atoms with van der Waals surface area (Å²) in [5, 5.41) is 0. The number of benzene rings is 1. The van der Waals surface area contributed by atoms with Gasteiger partial charge in [0.1, 0.15) is 0 Å². The normalized spacial score (nSPS) is 13.6. The van der Waals surface area contributed by atoms with Crippen LogP contribution in [0.4, 0.5) is 0 Å². The Bertz CT molecular complexity index is 311. The molecule has 0 radical (unpaired) electrons. The Morgan fingerprint density at radius 3 is 2.13 bits per heavy atom. The second-order valence-corrected chi connectivity index (χ2v) is 5.36. The van der Waals surface area contributed by atoms with E-state index in [2.05, 4.69) is 58.5 Å². The summed E-state index contributed by atoms with van der Waals surface area (Å²) < 4.78 is 0. The van der Waals surface area contributed by atoms with Crippen LogP contribution in [-0.2, 0) is 11.8 Å². The van der Waals surface area contributed by atoms with Crippen molar-refractivity contribution in [3.63, 3.8) is 0 Å². The molecule has 1 rings (SSSR count). The molecule has 0 aliphatic rings. The molecule has 1 aromatic rings. The number of hydrogen-bond donors (Lipinski definition) is 0. The van der Waals surface area contributed by atoms with Gasteiger partial charge in [-0.05, 0) is 28.9 Å². The zero-order chi connectivity index (χ0) is 11.5. The van der Waals surface area contributed by atoms with Gasteiger partial charge in [-0.3, -0.25) is 0 Å². The van der Waals surface area contributed by atoms with Gasteiger partial charge in [-0.25, -0.2) is 0 Å². The van der Waals surface area contributed by atoms with Crippen LogP contribution in [0.2, 0.25) is 0 Å². The number of hydrogen-bond acceptors (Lipinski definition) is 0. The van der Waals surface area contributed by atoms with E-state index in [0.717, 1.165) is 6.42 Å². The Hall–Kier alpha value is -1.04. The molecule has 1 aromatic carbocycles. The second-order valence-electron chi connectivity index (χ2n) is 5.36. The molecule has 82 valence electrons. The quantitative estimate of drug-likeness (QED) is 0.639. The van der Waals surface area contributed by atoms with Crippen LogP contribution in [0.15, 0.2) is 36.9 Å². The van der Waals surface area contributed by atoms with E-state index in [1.807, 2.05) is 6.08 Å². The summed E-state index contributed by atoms with van der Waals surface area (Å²) >= 11 is 0. The standard InChI is InChI=1S/C15H22/c1-6-12(2)11-13-7-9-14(10-8-13)15(3,4)5/h6-10,12H,1,11H2,2-5H3. The van der Waals surface area contributed by atoms with Crippen LogP contribution in [0.1, 0.15) is 38.8 Å². The maximum Gasteiger partial charge on any atom is -0.0132 e. The van der Waals surface area contributed by atoms with Crippen molar-refractivity contribution >= 4 is 0 Å². The monoisotopic (exact) mass is 202 g/mol. The molecule has 0 N–H and O–H groups in total. The van der Waals surface area contributed by atoms with Gasteiger partial charge in [-0.15, -0.1) is 6.58 Å². The zero-order valence-corrected chi connectivity index (χ0v) is 10.4. The first-order valence-corrected chi connectivity index (χ1v) is 5.65. The summed E-state index contributed by atoms with van der Waals surface area (Å²) in [6.07, 6.45) is 3.10. The minimum atomic E-state index is 0.253. The van der Waals surface area contributed by atoms with Crippen molar-refractivity contribution in [2.45, 2.75) is 39.5 Å². The van der Waals surface area contributed by atoms with Crippen LogP contribution in [0, 0.1) is 5.92 Å². The lowest BCUT2D eigenvalue weighted by atomic mass is 9.86. The third-order valence-corrected chi connectivity index (χ3v) is 2.78. The summed E-state index contributed by atoms with van der Waals surface area (Å²) in [6.45, 7) is 12.7. The molecule has 0 saturated carbocycles. The average molecular weight is 202 g/mol. The Balaban J connectivity index is 2.77. The van der Waals surface area contributed by atoms with Crippen molar-refractivity contribution in [2.24, 2.45) is 5.92 Å². The van der Waals surface area contributed by atoms with E-state index >= 15 is 0 Å². The molecule has 1 unspecified atom stereocenters. The van der Waals surface area contributed by atoms with Crippen molar-refractivity contribution in [3.05, 3.63) is 48.0 Å². The molecular weight excluding hydrogens is 180 g/mol. The molecule has 0 aliphatic heterocycles. The maximum atomic E-state index is 3.81. The Labute approximate surface area is 94.0 Å². The highest BCUT2D eigenvalue weighted by Crippen LogP contribution is 2.22. The molecular formula is C15H22. The summed E-state index contributed by atoms with van der Waals surface area (Å²) in [7, 11) is 0. The fourth-order valence-corrected chi connectivity index (χ4v) is 1.60. The lowest BCUT2D eigenvalue weighted by molar-refractivity contribution is 0.589. The van der Waals surface area contributed by atoms with Crippen molar-refractivity contribution < 1.29 is 0 Å². The first-order valence-electron chi connectivity index (χ1n) is 5.65. The van der Waals surface area contributed by atoms with Gasteiger partial charge in [0.15, 0.2) is 0 Å². The van der Waals surface area contributed by atoms with Crippen LogP contribution >= 0.6 is 0 Å². The van der Waals surface area contributed by atoms with E-state index in [1.54, 1.807) is 0 Å². The van der Waals surface area contributed by atoms with Gasteiger partial charge in [0, 0.05) is 0 Å². The third-order valence-electron chi connectivity index (χ3n) is 2.78. The van der Waals surface area contributed by atoms with Gasteiger partial charge < -0.3 is 0 Å². The van der Waals surface area contributed by atoms with Crippen LogP contribution in [0.5, 0.6) is 0 Å².